The summed E-state index contributed by atoms with van der Waals surface area (Å²) in [5, 5.41) is 19.2. The summed E-state index contributed by atoms with van der Waals surface area (Å²) >= 11 is 5.77. The number of carboxylic acids is 1. The number of rotatable bonds is 2. The molecule has 0 saturated heterocycles. The molecule has 0 saturated carbocycles. The number of halogens is 1. The summed E-state index contributed by atoms with van der Waals surface area (Å²) < 4.78 is 0. The molecule has 2 N–H and O–H groups in total. The summed E-state index contributed by atoms with van der Waals surface area (Å²) in [4.78, 5) is 11.1. The van der Waals surface area contributed by atoms with Gasteiger partial charge in [-0.15, -0.1) is 0 Å². The predicted octanol–water partition coefficient (Wildman–Crippen LogP) is 3.41. The molecular weight excluding hydrogens is 240 g/mol. The lowest BCUT2D eigenvalue weighted by atomic mass is 9.99. The van der Waals surface area contributed by atoms with Crippen LogP contribution in [-0.2, 0) is 0 Å². The Morgan fingerprint density at radius 2 is 1.71 bits per heavy atom. The SMILES string of the molecule is O=C(O)c1c(O)cccc1-c1ccc(Cl)cc1. The maximum Gasteiger partial charge on any atom is 0.340 e. The first kappa shape index (κ1) is 11.5. The molecule has 2 rings (SSSR count). The van der Waals surface area contributed by atoms with Crippen LogP contribution >= 0.6 is 11.6 Å². The van der Waals surface area contributed by atoms with E-state index in [1.54, 1.807) is 36.4 Å². The molecule has 0 heterocycles. The zero-order chi connectivity index (χ0) is 12.4. The fraction of sp³-hybridized carbons (Fsp3) is 0. The molecule has 0 fully saturated rings. The van der Waals surface area contributed by atoms with E-state index in [0.29, 0.717) is 16.1 Å². The standard InChI is InChI=1S/C13H9ClO3/c14-9-6-4-8(5-7-9)10-2-1-3-11(15)12(10)13(16)17/h1-7,15H,(H,16,17). The topological polar surface area (TPSA) is 57.5 Å². The third-order valence-electron chi connectivity index (χ3n) is 2.41. The highest BCUT2D eigenvalue weighted by Gasteiger charge is 2.15. The number of benzene rings is 2. The predicted molar refractivity (Wildman–Crippen MR) is 65.5 cm³/mol. The maximum atomic E-state index is 11.1. The number of aromatic hydroxyl groups is 1. The summed E-state index contributed by atoms with van der Waals surface area (Å²) in [6.45, 7) is 0. The van der Waals surface area contributed by atoms with Gasteiger partial charge >= 0.3 is 5.97 Å². The highest BCUT2D eigenvalue weighted by molar-refractivity contribution is 6.30. The van der Waals surface area contributed by atoms with Gasteiger partial charge in [0.05, 0.1) is 0 Å². The van der Waals surface area contributed by atoms with E-state index < -0.39 is 5.97 Å². The molecule has 0 atom stereocenters. The minimum Gasteiger partial charge on any atom is -0.507 e. The van der Waals surface area contributed by atoms with Crippen LogP contribution in [0.2, 0.25) is 5.02 Å². The van der Waals surface area contributed by atoms with Crippen molar-refractivity contribution in [2.75, 3.05) is 0 Å². The lowest BCUT2D eigenvalue weighted by molar-refractivity contribution is 0.0694. The number of carboxylic acid groups (broad SMARTS) is 1. The van der Waals surface area contributed by atoms with Gasteiger partial charge in [-0.2, -0.15) is 0 Å². The van der Waals surface area contributed by atoms with E-state index >= 15 is 0 Å². The Labute approximate surface area is 103 Å². The van der Waals surface area contributed by atoms with Gasteiger partial charge in [-0.3, -0.25) is 0 Å². The Hall–Kier alpha value is -2.00. The van der Waals surface area contributed by atoms with Crippen molar-refractivity contribution in [1.82, 2.24) is 0 Å². The second-order valence-corrected chi connectivity index (χ2v) is 3.95. The first-order valence-electron chi connectivity index (χ1n) is 4.91. The smallest absolute Gasteiger partial charge is 0.340 e. The van der Waals surface area contributed by atoms with Crippen LogP contribution < -0.4 is 0 Å². The Morgan fingerprint density at radius 3 is 2.29 bits per heavy atom. The zero-order valence-electron chi connectivity index (χ0n) is 8.72. The molecule has 0 spiro atoms. The van der Waals surface area contributed by atoms with Crippen molar-refractivity contribution in [1.29, 1.82) is 0 Å². The van der Waals surface area contributed by atoms with Crippen molar-refractivity contribution in [2.45, 2.75) is 0 Å². The highest BCUT2D eigenvalue weighted by atomic mass is 35.5. The number of carbonyl (C=O) groups is 1. The van der Waals surface area contributed by atoms with E-state index in [2.05, 4.69) is 0 Å². The van der Waals surface area contributed by atoms with Gasteiger partial charge in [-0.05, 0) is 29.3 Å². The number of hydrogen-bond donors (Lipinski definition) is 2. The molecule has 4 heteroatoms. The van der Waals surface area contributed by atoms with Crippen molar-refractivity contribution in [3.63, 3.8) is 0 Å². The Kier molecular flexibility index (Phi) is 3.02. The fourth-order valence-corrected chi connectivity index (χ4v) is 1.76. The van der Waals surface area contributed by atoms with Crippen LogP contribution in [0.3, 0.4) is 0 Å². The molecule has 2 aromatic rings. The van der Waals surface area contributed by atoms with Crippen LogP contribution in [0.15, 0.2) is 42.5 Å². The summed E-state index contributed by atoms with van der Waals surface area (Å²) in [6.07, 6.45) is 0. The van der Waals surface area contributed by atoms with E-state index in [0.717, 1.165) is 0 Å². The van der Waals surface area contributed by atoms with E-state index in [1.165, 1.54) is 6.07 Å². The second kappa shape index (κ2) is 4.47. The van der Waals surface area contributed by atoms with Crippen LogP contribution in [0.4, 0.5) is 0 Å². The van der Waals surface area contributed by atoms with Gasteiger partial charge in [-0.1, -0.05) is 35.9 Å². The summed E-state index contributed by atoms with van der Waals surface area (Å²) in [6, 6.07) is 11.4. The molecule has 0 aliphatic carbocycles. The maximum absolute atomic E-state index is 11.1. The molecule has 17 heavy (non-hydrogen) atoms. The van der Waals surface area contributed by atoms with Crippen molar-refractivity contribution >= 4 is 17.6 Å². The minimum absolute atomic E-state index is 0.102. The molecule has 0 aliphatic heterocycles. The lowest BCUT2D eigenvalue weighted by Crippen LogP contribution is -1.99. The monoisotopic (exact) mass is 248 g/mol. The number of aromatic carboxylic acids is 1. The van der Waals surface area contributed by atoms with Gasteiger partial charge in [0.1, 0.15) is 11.3 Å². The summed E-state index contributed by atoms with van der Waals surface area (Å²) in [5.41, 5.74) is 1.06. The third-order valence-corrected chi connectivity index (χ3v) is 2.66. The largest absolute Gasteiger partial charge is 0.507 e. The minimum atomic E-state index is -1.16. The first-order chi connectivity index (χ1) is 8.09. The molecular formula is C13H9ClO3. The van der Waals surface area contributed by atoms with Gasteiger partial charge in [0, 0.05) is 5.02 Å². The Balaban J connectivity index is 2.63. The summed E-state index contributed by atoms with van der Waals surface area (Å²) in [7, 11) is 0. The van der Waals surface area contributed by atoms with Crippen molar-refractivity contribution in [3.8, 4) is 16.9 Å². The average Bonchev–Trinajstić information content (AvgIpc) is 2.29. The molecule has 2 aromatic carbocycles. The van der Waals surface area contributed by atoms with Gasteiger partial charge < -0.3 is 10.2 Å². The van der Waals surface area contributed by atoms with E-state index in [1.807, 2.05) is 0 Å². The van der Waals surface area contributed by atoms with Gasteiger partial charge in [0.25, 0.3) is 0 Å². The van der Waals surface area contributed by atoms with Crippen LogP contribution in [0.1, 0.15) is 10.4 Å². The van der Waals surface area contributed by atoms with Crippen LogP contribution in [0, 0.1) is 0 Å². The average molecular weight is 249 g/mol. The quantitative estimate of drug-likeness (QED) is 0.856. The molecule has 0 aliphatic rings. The fourth-order valence-electron chi connectivity index (χ4n) is 1.63. The van der Waals surface area contributed by atoms with Crippen LogP contribution in [-0.4, -0.2) is 16.2 Å². The zero-order valence-corrected chi connectivity index (χ0v) is 9.48. The van der Waals surface area contributed by atoms with E-state index in [-0.39, 0.29) is 11.3 Å². The van der Waals surface area contributed by atoms with E-state index in [4.69, 9.17) is 16.7 Å². The van der Waals surface area contributed by atoms with Gasteiger partial charge in [0.15, 0.2) is 0 Å². The van der Waals surface area contributed by atoms with E-state index in [9.17, 15) is 9.90 Å². The van der Waals surface area contributed by atoms with Crippen LogP contribution in [0.5, 0.6) is 5.75 Å². The van der Waals surface area contributed by atoms with Crippen LogP contribution in [0.25, 0.3) is 11.1 Å². The van der Waals surface area contributed by atoms with Crippen molar-refractivity contribution < 1.29 is 15.0 Å². The first-order valence-corrected chi connectivity index (χ1v) is 5.28. The van der Waals surface area contributed by atoms with Gasteiger partial charge in [0.2, 0.25) is 0 Å². The molecule has 3 nitrogen and oxygen atoms in total. The molecule has 0 bridgehead atoms. The number of phenols is 1. The third kappa shape index (κ3) is 2.24. The number of hydrogen-bond acceptors (Lipinski definition) is 2. The second-order valence-electron chi connectivity index (χ2n) is 3.51. The van der Waals surface area contributed by atoms with Crippen molar-refractivity contribution in [2.24, 2.45) is 0 Å². The molecule has 0 unspecified atom stereocenters. The van der Waals surface area contributed by atoms with Gasteiger partial charge in [-0.25, -0.2) is 4.79 Å². The molecule has 0 amide bonds. The molecule has 0 aromatic heterocycles. The lowest BCUT2D eigenvalue weighted by Gasteiger charge is -2.07. The normalized spacial score (nSPS) is 10.2. The molecule has 0 radical (unpaired) electrons. The molecule has 86 valence electrons. The van der Waals surface area contributed by atoms with Crippen molar-refractivity contribution in [3.05, 3.63) is 53.1 Å². The Morgan fingerprint density at radius 1 is 1.06 bits per heavy atom. The Bertz CT molecular complexity index is 561. The highest BCUT2D eigenvalue weighted by Crippen LogP contribution is 2.30. The summed E-state index contributed by atoms with van der Waals surface area (Å²) in [5.74, 6) is -1.40.